The van der Waals surface area contributed by atoms with Crippen molar-refractivity contribution in [3.8, 4) is 17.0 Å². The Bertz CT molecular complexity index is 806. The first-order chi connectivity index (χ1) is 12.3. The number of methoxy groups -OCH3 is 1. The number of aryl methyl sites for hydroxylation is 2. The average molecular weight is 357 g/mol. The summed E-state index contributed by atoms with van der Waals surface area (Å²) >= 11 is 0. The topological polar surface area (TPSA) is 74.7 Å². The van der Waals surface area contributed by atoms with Crippen molar-refractivity contribution in [3.63, 3.8) is 0 Å². The molecule has 0 N–H and O–H groups in total. The fourth-order valence-corrected chi connectivity index (χ4v) is 2.85. The van der Waals surface area contributed by atoms with Gasteiger partial charge in [-0.15, -0.1) is 0 Å². The monoisotopic (exact) mass is 357 g/mol. The Morgan fingerprint density at radius 3 is 2.46 bits per heavy atom. The molecule has 0 saturated carbocycles. The number of rotatable bonds is 6. The summed E-state index contributed by atoms with van der Waals surface area (Å²) in [6.07, 6.45) is 0. The van der Waals surface area contributed by atoms with Crippen LogP contribution >= 0.6 is 0 Å². The number of nitrogens with zero attached hydrogens (tertiary/aromatic N) is 1. The van der Waals surface area contributed by atoms with Gasteiger partial charge in [-0.3, -0.25) is 4.79 Å². The lowest BCUT2D eigenvalue weighted by Gasteiger charge is -2.16. The number of pyridine rings is 1. The van der Waals surface area contributed by atoms with E-state index < -0.39 is 0 Å². The van der Waals surface area contributed by atoms with Crippen LogP contribution in [0, 0.1) is 20.8 Å². The zero-order chi connectivity index (χ0) is 19.3. The quantitative estimate of drug-likeness (QED) is 0.583. The van der Waals surface area contributed by atoms with Crippen LogP contribution in [0.3, 0.4) is 0 Å². The summed E-state index contributed by atoms with van der Waals surface area (Å²) < 4.78 is 15.2. The van der Waals surface area contributed by atoms with E-state index in [1.165, 1.54) is 14.0 Å². The number of esters is 2. The van der Waals surface area contributed by atoms with Crippen LogP contribution in [-0.2, 0) is 14.3 Å². The average Bonchev–Trinajstić information content (AvgIpc) is 2.59. The third-order valence-electron chi connectivity index (χ3n) is 4.02. The van der Waals surface area contributed by atoms with E-state index in [0.717, 1.165) is 27.9 Å². The molecule has 0 saturated heterocycles. The Morgan fingerprint density at radius 2 is 1.85 bits per heavy atom. The highest BCUT2D eigenvalue weighted by atomic mass is 16.6. The fourth-order valence-electron chi connectivity index (χ4n) is 2.85. The summed E-state index contributed by atoms with van der Waals surface area (Å²) in [4.78, 5) is 27.2. The van der Waals surface area contributed by atoms with Gasteiger partial charge in [-0.2, -0.15) is 0 Å². The van der Waals surface area contributed by atoms with Crippen LogP contribution in [0.4, 0.5) is 0 Å². The predicted octanol–water partition coefficient (Wildman–Crippen LogP) is 3.40. The summed E-state index contributed by atoms with van der Waals surface area (Å²) in [5.41, 5.74) is 5.03. The molecule has 0 aliphatic carbocycles. The third-order valence-corrected chi connectivity index (χ3v) is 4.02. The summed E-state index contributed by atoms with van der Waals surface area (Å²) in [7, 11) is 1.37. The molecule has 2 aromatic rings. The molecule has 1 aromatic carbocycles. The summed E-state index contributed by atoms with van der Waals surface area (Å²) in [6, 6.07) is 7.37. The highest BCUT2D eigenvalue weighted by Crippen LogP contribution is 2.32. The Balaban J connectivity index is 2.31. The molecule has 2 rings (SSSR count). The zero-order valence-corrected chi connectivity index (χ0v) is 15.7. The third kappa shape index (κ3) is 4.39. The van der Waals surface area contributed by atoms with E-state index in [-0.39, 0.29) is 25.2 Å². The van der Waals surface area contributed by atoms with Crippen LogP contribution in [0.25, 0.3) is 11.1 Å². The molecule has 0 aliphatic rings. The van der Waals surface area contributed by atoms with Crippen molar-refractivity contribution in [2.45, 2.75) is 27.7 Å². The Labute approximate surface area is 153 Å². The number of carbonyl (C=O) groups excluding carboxylic acids is 2. The van der Waals surface area contributed by atoms with Crippen LogP contribution in [-0.4, -0.2) is 37.2 Å². The minimum atomic E-state index is -0.363. The Morgan fingerprint density at radius 1 is 1.12 bits per heavy atom. The standard InChI is InChI=1S/C20H23NO5/c1-12-11-18(26-10-9-25-15(4)22)21-14(3)19(12)16-7-6-8-17(13(16)2)20(23)24-5/h6-8,11H,9-10H2,1-5H3. The van der Waals surface area contributed by atoms with E-state index in [1.807, 2.05) is 39.0 Å². The summed E-state index contributed by atoms with van der Waals surface area (Å²) in [5.74, 6) is -0.235. The molecule has 1 heterocycles. The lowest BCUT2D eigenvalue weighted by molar-refractivity contribution is -0.141. The maximum Gasteiger partial charge on any atom is 0.338 e. The molecule has 1 aromatic heterocycles. The van der Waals surface area contributed by atoms with Gasteiger partial charge in [0.05, 0.1) is 12.7 Å². The van der Waals surface area contributed by atoms with Gasteiger partial charge in [-0.25, -0.2) is 9.78 Å². The lowest BCUT2D eigenvalue weighted by Crippen LogP contribution is -2.11. The van der Waals surface area contributed by atoms with E-state index in [1.54, 1.807) is 6.07 Å². The molecular weight excluding hydrogens is 334 g/mol. The van der Waals surface area contributed by atoms with Crippen LogP contribution < -0.4 is 4.74 Å². The molecule has 6 nitrogen and oxygen atoms in total. The van der Waals surface area contributed by atoms with Crippen molar-refractivity contribution in [2.24, 2.45) is 0 Å². The van der Waals surface area contributed by atoms with Gasteiger partial charge in [0.1, 0.15) is 13.2 Å². The highest BCUT2D eigenvalue weighted by molar-refractivity contribution is 5.93. The van der Waals surface area contributed by atoms with Crippen molar-refractivity contribution in [1.29, 1.82) is 0 Å². The predicted molar refractivity (Wildman–Crippen MR) is 97.4 cm³/mol. The van der Waals surface area contributed by atoms with Gasteiger partial charge in [0.25, 0.3) is 0 Å². The van der Waals surface area contributed by atoms with E-state index in [2.05, 4.69) is 4.98 Å². The first kappa shape index (κ1) is 19.4. The molecule has 6 heteroatoms. The highest BCUT2D eigenvalue weighted by Gasteiger charge is 2.17. The van der Waals surface area contributed by atoms with Gasteiger partial charge in [0.15, 0.2) is 0 Å². The molecule has 0 fully saturated rings. The maximum atomic E-state index is 11.9. The van der Waals surface area contributed by atoms with Gasteiger partial charge in [0.2, 0.25) is 5.88 Å². The number of benzene rings is 1. The van der Waals surface area contributed by atoms with E-state index in [0.29, 0.717) is 11.4 Å². The van der Waals surface area contributed by atoms with Crippen LogP contribution in [0.2, 0.25) is 0 Å². The SMILES string of the molecule is COC(=O)c1cccc(-c2c(C)cc(OCCOC(C)=O)nc2C)c1C. The summed E-state index contributed by atoms with van der Waals surface area (Å²) in [5, 5.41) is 0. The minimum Gasteiger partial charge on any atom is -0.474 e. The summed E-state index contributed by atoms with van der Waals surface area (Å²) in [6.45, 7) is 7.52. The van der Waals surface area contributed by atoms with Crippen LogP contribution in [0.15, 0.2) is 24.3 Å². The molecule has 0 atom stereocenters. The van der Waals surface area contributed by atoms with Crippen molar-refractivity contribution < 1.29 is 23.8 Å². The van der Waals surface area contributed by atoms with E-state index in [4.69, 9.17) is 14.2 Å². The molecule has 0 bridgehead atoms. The normalized spacial score (nSPS) is 10.3. The molecule has 0 amide bonds. The molecule has 26 heavy (non-hydrogen) atoms. The number of ether oxygens (including phenoxy) is 3. The van der Waals surface area contributed by atoms with Crippen molar-refractivity contribution in [3.05, 3.63) is 46.6 Å². The van der Waals surface area contributed by atoms with Crippen LogP contribution in [0.1, 0.15) is 34.1 Å². The van der Waals surface area contributed by atoms with Gasteiger partial charge in [0, 0.05) is 24.2 Å². The zero-order valence-electron chi connectivity index (χ0n) is 15.7. The number of aromatic nitrogens is 1. The molecule has 0 spiro atoms. The Hall–Kier alpha value is -2.89. The molecule has 0 unspecified atom stereocenters. The molecule has 0 radical (unpaired) electrons. The van der Waals surface area contributed by atoms with Gasteiger partial charge >= 0.3 is 11.9 Å². The van der Waals surface area contributed by atoms with E-state index in [9.17, 15) is 9.59 Å². The molecule has 138 valence electrons. The van der Waals surface area contributed by atoms with Crippen LogP contribution in [0.5, 0.6) is 5.88 Å². The second-order valence-corrected chi connectivity index (χ2v) is 5.90. The maximum absolute atomic E-state index is 11.9. The van der Waals surface area contributed by atoms with Crippen molar-refractivity contribution >= 4 is 11.9 Å². The Kier molecular flexibility index (Phi) is 6.33. The van der Waals surface area contributed by atoms with Gasteiger partial charge in [-0.05, 0) is 43.5 Å². The smallest absolute Gasteiger partial charge is 0.338 e. The lowest BCUT2D eigenvalue weighted by atomic mass is 9.93. The molecule has 0 aliphatic heterocycles. The number of hydrogen-bond acceptors (Lipinski definition) is 6. The van der Waals surface area contributed by atoms with Crippen molar-refractivity contribution in [1.82, 2.24) is 4.98 Å². The molecular formula is C20H23NO5. The fraction of sp³-hybridized carbons (Fsp3) is 0.350. The largest absolute Gasteiger partial charge is 0.474 e. The van der Waals surface area contributed by atoms with E-state index >= 15 is 0 Å². The number of hydrogen-bond donors (Lipinski definition) is 0. The first-order valence-electron chi connectivity index (χ1n) is 8.27. The second kappa shape index (κ2) is 8.47. The minimum absolute atomic E-state index is 0.178. The van der Waals surface area contributed by atoms with Gasteiger partial charge < -0.3 is 14.2 Å². The second-order valence-electron chi connectivity index (χ2n) is 5.90. The number of carbonyl (C=O) groups is 2. The first-order valence-corrected chi connectivity index (χ1v) is 8.27. The van der Waals surface area contributed by atoms with Gasteiger partial charge in [-0.1, -0.05) is 12.1 Å². The van der Waals surface area contributed by atoms with Crippen molar-refractivity contribution in [2.75, 3.05) is 20.3 Å².